The summed E-state index contributed by atoms with van der Waals surface area (Å²) in [5.41, 5.74) is 2.44. The van der Waals surface area contributed by atoms with Crippen LogP contribution in [0.1, 0.15) is 38.3 Å². The molecule has 1 atom stereocenters. The Morgan fingerprint density at radius 3 is 2.90 bits per heavy atom. The highest BCUT2D eigenvalue weighted by molar-refractivity contribution is 6.18. The summed E-state index contributed by atoms with van der Waals surface area (Å²) in [6.45, 7) is 5.13. The van der Waals surface area contributed by atoms with Crippen LogP contribution in [0.3, 0.4) is 0 Å². The number of nitrogens with zero attached hydrogens (tertiary/aromatic N) is 3. The lowest BCUT2D eigenvalue weighted by molar-refractivity contribution is 0.205. The monoisotopic (exact) mass is 305 g/mol. The molecule has 0 saturated carbocycles. The molecule has 0 aliphatic carbocycles. The van der Waals surface area contributed by atoms with Crippen LogP contribution in [0.4, 0.5) is 0 Å². The fourth-order valence-electron chi connectivity index (χ4n) is 3.37. The summed E-state index contributed by atoms with van der Waals surface area (Å²) in [6.07, 6.45) is 5.13. The Morgan fingerprint density at radius 2 is 2.10 bits per heavy atom. The fraction of sp³-hybridized carbons (Fsp3) is 0.588. The Morgan fingerprint density at radius 1 is 1.24 bits per heavy atom. The number of halogens is 1. The molecule has 4 heteroatoms. The number of benzene rings is 1. The van der Waals surface area contributed by atoms with Gasteiger partial charge in [-0.05, 0) is 32.4 Å². The van der Waals surface area contributed by atoms with Crippen LogP contribution >= 0.6 is 11.6 Å². The molecule has 2 heterocycles. The number of rotatable bonds is 4. The molecule has 114 valence electrons. The molecule has 1 saturated heterocycles. The van der Waals surface area contributed by atoms with Gasteiger partial charge in [-0.2, -0.15) is 5.10 Å². The van der Waals surface area contributed by atoms with Crippen molar-refractivity contribution in [1.29, 1.82) is 0 Å². The Hall–Kier alpha value is -1.06. The molecule has 0 N–H and O–H groups in total. The van der Waals surface area contributed by atoms with Crippen LogP contribution in [0.5, 0.6) is 0 Å². The van der Waals surface area contributed by atoms with Crippen molar-refractivity contribution in [3.8, 4) is 0 Å². The lowest BCUT2D eigenvalue weighted by Crippen LogP contribution is -2.35. The molecule has 3 nitrogen and oxygen atoms in total. The minimum absolute atomic E-state index is 0.500. The molecule has 1 aliphatic heterocycles. The molecule has 1 fully saturated rings. The molecule has 0 amide bonds. The molecule has 0 radical (unpaired) electrons. The number of aryl methyl sites for hydroxylation is 1. The number of para-hydroxylation sites is 1. The average molecular weight is 306 g/mol. The first-order valence-electron chi connectivity index (χ1n) is 8.08. The van der Waals surface area contributed by atoms with Crippen LogP contribution in [0.15, 0.2) is 24.3 Å². The highest BCUT2D eigenvalue weighted by Gasteiger charge is 2.22. The molecular formula is C17H24ClN3. The molecule has 0 bridgehead atoms. The van der Waals surface area contributed by atoms with Gasteiger partial charge in [0.2, 0.25) is 0 Å². The maximum Gasteiger partial charge on any atom is 0.0843 e. The van der Waals surface area contributed by atoms with E-state index >= 15 is 0 Å². The molecule has 1 aromatic carbocycles. The van der Waals surface area contributed by atoms with Crippen LogP contribution < -0.4 is 0 Å². The van der Waals surface area contributed by atoms with E-state index in [2.05, 4.69) is 40.8 Å². The number of hydrogen-bond donors (Lipinski definition) is 0. The first-order valence-corrected chi connectivity index (χ1v) is 8.61. The second kappa shape index (κ2) is 6.80. The minimum atomic E-state index is 0.500. The topological polar surface area (TPSA) is 21.1 Å². The van der Waals surface area contributed by atoms with Gasteiger partial charge in [0.05, 0.1) is 11.2 Å². The van der Waals surface area contributed by atoms with E-state index < -0.39 is 0 Å². The molecule has 0 spiro atoms. The summed E-state index contributed by atoms with van der Waals surface area (Å²) < 4.78 is 2.11. The summed E-state index contributed by atoms with van der Waals surface area (Å²) in [5.74, 6) is 0.729. The van der Waals surface area contributed by atoms with Crippen molar-refractivity contribution < 1.29 is 0 Å². The quantitative estimate of drug-likeness (QED) is 0.795. The van der Waals surface area contributed by atoms with Gasteiger partial charge < -0.3 is 0 Å². The SMILES string of the molecule is CCn1nc(CN2CCCCCC2CCl)c2ccccc21. The van der Waals surface area contributed by atoms with Gasteiger partial charge in [0.25, 0.3) is 0 Å². The van der Waals surface area contributed by atoms with Gasteiger partial charge in [-0.15, -0.1) is 11.6 Å². The highest BCUT2D eigenvalue weighted by atomic mass is 35.5. The molecule has 1 aliphatic rings. The third kappa shape index (κ3) is 3.09. The van der Waals surface area contributed by atoms with Crippen LogP contribution in [0.25, 0.3) is 10.9 Å². The van der Waals surface area contributed by atoms with E-state index in [1.54, 1.807) is 0 Å². The van der Waals surface area contributed by atoms with Crippen LogP contribution in [0.2, 0.25) is 0 Å². The van der Waals surface area contributed by atoms with E-state index in [-0.39, 0.29) is 0 Å². The van der Waals surface area contributed by atoms with E-state index in [9.17, 15) is 0 Å². The zero-order valence-corrected chi connectivity index (χ0v) is 13.5. The predicted molar refractivity (Wildman–Crippen MR) is 88.8 cm³/mol. The Bertz CT molecular complexity index is 593. The maximum atomic E-state index is 6.20. The number of hydrogen-bond acceptors (Lipinski definition) is 2. The lowest BCUT2D eigenvalue weighted by atomic mass is 10.1. The van der Waals surface area contributed by atoms with Gasteiger partial charge in [-0.25, -0.2) is 0 Å². The zero-order valence-electron chi connectivity index (χ0n) is 12.8. The van der Waals surface area contributed by atoms with Crippen molar-refractivity contribution in [2.45, 2.75) is 51.7 Å². The Kier molecular flexibility index (Phi) is 4.81. The number of alkyl halides is 1. The van der Waals surface area contributed by atoms with E-state index in [1.807, 2.05) is 0 Å². The Labute approximate surface area is 131 Å². The minimum Gasteiger partial charge on any atom is -0.293 e. The second-order valence-electron chi connectivity index (χ2n) is 5.91. The van der Waals surface area contributed by atoms with Gasteiger partial charge >= 0.3 is 0 Å². The summed E-state index contributed by atoms with van der Waals surface area (Å²) in [4.78, 5) is 2.54. The molecule has 2 aromatic rings. The summed E-state index contributed by atoms with van der Waals surface area (Å²) in [7, 11) is 0. The molecular weight excluding hydrogens is 282 g/mol. The summed E-state index contributed by atoms with van der Waals surface area (Å²) in [5, 5.41) is 6.12. The van der Waals surface area contributed by atoms with Crippen molar-refractivity contribution in [3.05, 3.63) is 30.0 Å². The van der Waals surface area contributed by atoms with Gasteiger partial charge in [0.15, 0.2) is 0 Å². The average Bonchev–Trinajstić information content (AvgIpc) is 2.72. The van der Waals surface area contributed by atoms with Crippen molar-refractivity contribution in [3.63, 3.8) is 0 Å². The van der Waals surface area contributed by atoms with E-state index in [0.29, 0.717) is 6.04 Å². The largest absolute Gasteiger partial charge is 0.293 e. The van der Waals surface area contributed by atoms with Crippen molar-refractivity contribution in [2.75, 3.05) is 12.4 Å². The first-order chi connectivity index (χ1) is 10.3. The number of fused-ring (bicyclic) bond motifs is 1. The van der Waals surface area contributed by atoms with Crippen molar-refractivity contribution in [2.24, 2.45) is 0 Å². The molecule has 3 rings (SSSR count). The zero-order chi connectivity index (χ0) is 14.7. The van der Waals surface area contributed by atoms with Crippen molar-refractivity contribution in [1.82, 2.24) is 14.7 Å². The molecule has 1 aromatic heterocycles. The van der Waals surface area contributed by atoms with E-state index in [1.165, 1.54) is 42.3 Å². The second-order valence-corrected chi connectivity index (χ2v) is 6.22. The van der Waals surface area contributed by atoms with Gasteiger partial charge in [0, 0.05) is 30.4 Å². The fourth-order valence-corrected chi connectivity index (χ4v) is 3.72. The standard InChI is InChI=1S/C17H24ClN3/c1-2-21-17-10-6-5-9-15(17)16(19-21)13-20-11-7-3-4-8-14(20)12-18/h5-6,9-10,14H,2-4,7-8,11-13H2,1H3. The number of likely N-dealkylation sites (tertiary alicyclic amines) is 1. The first kappa shape index (κ1) is 14.9. The van der Waals surface area contributed by atoms with Gasteiger partial charge in [-0.3, -0.25) is 9.58 Å². The van der Waals surface area contributed by atoms with Crippen LogP contribution in [0, 0.1) is 0 Å². The van der Waals surface area contributed by atoms with Crippen LogP contribution in [-0.2, 0) is 13.1 Å². The number of aromatic nitrogens is 2. The smallest absolute Gasteiger partial charge is 0.0843 e. The normalized spacial score (nSPS) is 20.8. The van der Waals surface area contributed by atoms with Crippen molar-refractivity contribution >= 4 is 22.5 Å². The van der Waals surface area contributed by atoms with E-state index in [0.717, 1.165) is 25.5 Å². The maximum absolute atomic E-state index is 6.20. The summed E-state index contributed by atoms with van der Waals surface area (Å²) >= 11 is 6.20. The third-order valence-corrected chi connectivity index (χ3v) is 4.92. The summed E-state index contributed by atoms with van der Waals surface area (Å²) in [6, 6.07) is 9.05. The predicted octanol–water partition coefficient (Wildman–Crippen LogP) is 4.04. The van der Waals surface area contributed by atoms with E-state index in [4.69, 9.17) is 16.7 Å². The Balaban J connectivity index is 1.89. The third-order valence-electron chi connectivity index (χ3n) is 4.56. The highest BCUT2D eigenvalue weighted by Crippen LogP contribution is 2.24. The molecule has 1 unspecified atom stereocenters. The van der Waals surface area contributed by atoms with Gasteiger partial charge in [0.1, 0.15) is 0 Å². The molecule has 21 heavy (non-hydrogen) atoms. The lowest BCUT2D eigenvalue weighted by Gasteiger charge is -2.27. The van der Waals surface area contributed by atoms with Gasteiger partial charge in [-0.1, -0.05) is 31.0 Å². The van der Waals surface area contributed by atoms with Crippen LogP contribution in [-0.4, -0.2) is 33.1 Å².